The van der Waals surface area contributed by atoms with Crippen LogP contribution < -0.4 is 21.7 Å². The van der Waals surface area contributed by atoms with Crippen LogP contribution in [0.2, 0.25) is 0 Å². The summed E-state index contributed by atoms with van der Waals surface area (Å²) in [5, 5.41) is 32.5. The second-order valence-electron chi connectivity index (χ2n) is 6.34. The first kappa shape index (κ1) is 25.8. The molecule has 0 saturated carbocycles. The monoisotopic (exact) mass is 418 g/mol. The van der Waals surface area contributed by atoms with Gasteiger partial charge in [0.05, 0.1) is 18.9 Å². The van der Waals surface area contributed by atoms with Gasteiger partial charge in [-0.15, -0.1) is 0 Å². The Kier molecular flexibility index (Phi) is 10.9. The molecule has 0 aliphatic carbocycles. The lowest BCUT2D eigenvalue weighted by atomic mass is 9.99. The van der Waals surface area contributed by atoms with Crippen molar-refractivity contribution in [2.75, 3.05) is 6.54 Å². The molecule has 13 nitrogen and oxygen atoms in total. The van der Waals surface area contributed by atoms with Crippen LogP contribution in [0.3, 0.4) is 0 Å². The highest BCUT2D eigenvalue weighted by atomic mass is 16.4. The fourth-order valence-electron chi connectivity index (χ4n) is 2.11. The van der Waals surface area contributed by atoms with Crippen molar-refractivity contribution in [3.05, 3.63) is 0 Å². The van der Waals surface area contributed by atoms with Gasteiger partial charge in [0, 0.05) is 0 Å². The lowest BCUT2D eigenvalue weighted by Crippen LogP contribution is -2.57. The number of amides is 3. The molecule has 0 aliphatic rings. The average Bonchev–Trinajstić information content (AvgIpc) is 2.62. The van der Waals surface area contributed by atoms with Crippen LogP contribution in [-0.2, 0) is 28.8 Å². The molecule has 0 saturated heterocycles. The largest absolute Gasteiger partial charge is 0.481 e. The van der Waals surface area contributed by atoms with Gasteiger partial charge in [-0.25, -0.2) is 0 Å². The van der Waals surface area contributed by atoms with Crippen LogP contribution in [0.5, 0.6) is 0 Å². The van der Waals surface area contributed by atoms with Crippen LogP contribution >= 0.6 is 0 Å². The summed E-state index contributed by atoms with van der Waals surface area (Å²) >= 11 is 0. The standard InChI is InChI=1S/C16H26N4O9/c1-3-7(2)13(17)16(29)20-9(5-11(23)24)15(28)19-8(4-10(21)22)14(27)18-6-12(25)26/h7-9,13H,3-6,17H2,1-2H3,(H,18,27)(H,19,28)(H,20,29)(H,21,22)(H,23,24)(H,25,26). The highest BCUT2D eigenvalue weighted by Crippen LogP contribution is 2.06. The van der Waals surface area contributed by atoms with Crippen LogP contribution in [0.15, 0.2) is 0 Å². The zero-order chi connectivity index (χ0) is 22.7. The SMILES string of the molecule is CCC(C)C(N)C(=O)NC(CC(=O)O)C(=O)NC(CC(=O)O)C(=O)NCC(=O)O. The number of carboxylic acids is 3. The first-order valence-electron chi connectivity index (χ1n) is 8.68. The smallest absolute Gasteiger partial charge is 0.322 e. The first-order chi connectivity index (χ1) is 13.4. The van der Waals surface area contributed by atoms with Crippen LogP contribution in [0.1, 0.15) is 33.1 Å². The van der Waals surface area contributed by atoms with Gasteiger partial charge in [-0.05, 0) is 5.92 Å². The van der Waals surface area contributed by atoms with E-state index < -0.39 is 73.1 Å². The molecule has 3 amide bonds. The Morgan fingerprint density at radius 3 is 1.66 bits per heavy atom. The second-order valence-corrected chi connectivity index (χ2v) is 6.34. The van der Waals surface area contributed by atoms with E-state index in [1.165, 1.54) is 0 Å². The molecular formula is C16H26N4O9. The molecule has 0 radical (unpaired) electrons. The normalized spacial score (nSPS) is 14.6. The molecule has 4 atom stereocenters. The summed E-state index contributed by atoms with van der Waals surface area (Å²) in [6.45, 7) is 2.65. The number of rotatable bonds is 13. The number of hydrogen-bond donors (Lipinski definition) is 7. The van der Waals surface area contributed by atoms with Crippen molar-refractivity contribution < 1.29 is 44.1 Å². The van der Waals surface area contributed by atoms with E-state index in [1.54, 1.807) is 13.8 Å². The lowest BCUT2D eigenvalue weighted by Gasteiger charge is -2.24. The van der Waals surface area contributed by atoms with Gasteiger partial charge in [0.15, 0.2) is 0 Å². The van der Waals surface area contributed by atoms with Gasteiger partial charge in [-0.3, -0.25) is 28.8 Å². The lowest BCUT2D eigenvalue weighted by molar-refractivity contribution is -0.143. The highest BCUT2D eigenvalue weighted by Gasteiger charge is 2.31. The quantitative estimate of drug-likeness (QED) is 0.166. The maximum Gasteiger partial charge on any atom is 0.322 e. The molecular weight excluding hydrogens is 392 g/mol. The Morgan fingerprint density at radius 1 is 0.793 bits per heavy atom. The van der Waals surface area contributed by atoms with Crippen LogP contribution in [-0.4, -0.2) is 75.6 Å². The molecule has 8 N–H and O–H groups in total. The van der Waals surface area contributed by atoms with Crippen molar-refractivity contribution in [3.8, 4) is 0 Å². The molecule has 29 heavy (non-hydrogen) atoms. The number of nitrogens with two attached hydrogens (primary N) is 1. The number of carbonyl (C=O) groups is 6. The summed E-state index contributed by atoms with van der Waals surface area (Å²) in [5.74, 6) is -7.58. The Morgan fingerprint density at radius 2 is 1.24 bits per heavy atom. The molecule has 13 heteroatoms. The average molecular weight is 418 g/mol. The molecule has 0 spiro atoms. The van der Waals surface area contributed by atoms with E-state index in [0.717, 1.165) is 0 Å². The highest BCUT2D eigenvalue weighted by molar-refractivity contribution is 5.96. The minimum Gasteiger partial charge on any atom is -0.481 e. The zero-order valence-corrected chi connectivity index (χ0v) is 16.0. The third kappa shape index (κ3) is 10.0. The Labute approximate surface area is 166 Å². The van der Waals surface area contributed by atoms with Gasteiger partial charge in [0.2, 0.25) is 17.7 Å². The van der Waals surface area contributed by atoms with E-state index in [1.807, 2.05) is 10.6 Å². The Hall–Kier alpha value is -3.22. The molecule has 0 rings (SSSR count). The van der Waals surface area contributed by atoms with Gasteiger partial charge in [0.25, 0.3) is 0 Å². The summed E-state index contributed by atoms with van der Waals surface area (Å²) in [6, 6.07) is -4.33. The molecule has 0 aromatic rings. The van der Waals surface area contributed by atoms with Gasteiger partial charge >= 0.3 is 17.9 Å². The van der Waals surface area contributed by atoms with Crippen molar-refractivity contribution in [2.24, 2.45) is 11.7 Å². The maximum absolute atomic E-state index is 12.4. The molecule has 0 aliphatic heterocycles. The Bertz CT molecular complexity index is 652. The fraction of sp³-hybridized carbons (Fsp3) is 0.625. The Balaban J connectivity index is 5.33. The molecule has 0 heterocycles. The van der Waals surface area contributed by atoms with E-state index in [9.17, 15) is 28.8 Å². The molecule has 0 fully saturated rings. The van der Waals surface area contributed by atoms with Crippen molar-refractivity contribution in [1.82, 2.24) is 16.0 Å². The van der Waals surface area contributed by atoms with Gasteiger partial charge < -0.3 is 37.0 Å². The molecule has 164 valence electrons. The molecule has 0 aromatic heterocycles. The zero-order valence-electron chi connectivity index (χ0n) is 16.0. The van der Waals surface area contributed by atoms with E-state index in [4.69, 9.17) is 21.1 Å². The summed E-state index contributed by atoms with van der Waals surface area (Å²) in [6.07, 6.45) is -1.19. The number of hydrogen-bond acceptors (Lipinski definition) is 7. The number of aliphatic carboxylic acids is 3. The second kappa shape index (κ2) is 12.3. The van der Waals surface area contributed by atoms with Crippen molar-refractivity contribution in [3.63, 3.8) is 0 Å². The summed E-state index contributed by atoms with van der Waals surface area (Å²) in [4.78, 5) is 69.0. The third-order valence-corrected chi connectivity index (χ3v) is 4.00. The predicted octanol–water partition coefficient (Wildman–Crippen LogP) is -2.52. The fourth-order valence-corrected chi connectivity index (χ4v) is 2.11. The van der Waals surface area contributed by atoms with Gasteiger partial charge in [-0.1, -0.05) is 20.3 Å². The van der Waals surface area contributed by atoms with Crippen LogP contribution in [0.25, 0.3) is 0 Å². The van der Waals surface area contributed by atoms with Crippen LogP contribution in [0, 0.1) is 5.92 Å². The van der Waals surface area contributed by atoms with Crippen molar-refractivity contribution in [2.45, 2.75) is 51.2 Å². The number of carbonyl (C=O) groups excluding carboxylic acids is 3. The molecule has 0 aromatic carbocycles. The van der Waals surface area contributed by atoms with E-state index in [0.29, 0.717) is 6.42 Å². The first-order valence-corrected chi connectivity index (χ1v) is 8.68. The number of carboxylic acid groups (broad SMARTS) is 3. The summed E-state index contributed by atoms with van der Waals surface area (Å²) in [7, 11) is 0. The van der Waals surface area contributed by atoms with E-state index in [-0.39, 0.29) is 5.92 Å². The van der Waals surface area contributed by atoms with E-state index in [2.05, 4.69) is 5.32 Å². The minimum absolute atomic E-state index is 0.259. The topological polar surface area (TPSA) is 225 Å². The van der Waals surface area contributed by atoms with Gasteiger partial charge in [0.1, 0.15) is 18.6 Å². The van der Waals surface area contributed by atoms with Crippen molar-refractivity contribution >= 4 is 35.6 Å². The summed E-state index contributed by atoms with van der Waals surface area (Å²) < 4.78 is 0. The van der Waals surface area contributed by atoms with E-state index >= 15 is 0 Å². The number of nitrogens with one attached hydrogen (secondary N) is 3. The van der Waals surface area contributed by atoms with Crippen LogP contribution in [0.4, 0.5) is 0 Å². The maximum atomic E-state index is 12.4. The van der Waals surface area contributed by atoms with Crippen molar-refractivity contribution in [1.29, 1.82) is 0 Å². The summed E-state index contributed by atoms with van der Waals surface area (Å²) in [5.41, 5.74) is 5.75. The molecule has 0 bridgehead atoms. The third-order valence-electron chi connectivity index (χ3n) is 4.00. The predicted molar refractivity (Wildman–Crippen MR) is 96.4 cm³/mol. The minimum atomic E-state index is -1.68. The van der Waals surface area contributed by atoms with Gasteiger partial charge in [-0.2, -0.15) is 0 Å². The molecule has 4 unspecified atom stereocenters.